The van der Waals surface area contributed by atoms with Crippen LogP contribution in [-0.4, -0.2) is 31.1 Å². The van der Waals surface area contributed by atoms with Gasteiger partial charge >= 0.3 is 0 Å². The molecular weight excluding hydrogens is 400 g/mol. The maximum atomic E-state index is 12.5. The number of H-pyrrole nitrogens is 1. The van der Waals surface area contributed by atoms with E-state index < -0.39 is 0 Å². The Morgan fingerprint density at radius 2 is 1.83 bits per heavy atom. The zero-order valence-electron chi connectivity index (χ0n) is 16.1. The first kappa shape index (κ1) is 19.6. The Hall–Kier alpha value is -3.72. The van der Waals surface area contributed by atoms with Gasteiger partial charge in [-0.25, -0.2) is 4.98 Å². The fourth-order valence-electron chi connectivity index (χ4n) is 2.94. The predicted molar refractivity (Wildman–Crippen MR) is 115 cm³/mol. The van der Waals surface area contributed by atoms with E-state index in [4.69, 9.17) is 0 Å². The van der Waals surface area contributed by atoms with Crippen molar-refractivity contribution in [3.63, 3.8) is 0 Å². The van der Waals surface area contributed by atoms with Gasteiger partial charge in [-0.15, -0.1) is 10.2 Å². The highest BCUT2D eigenvalue weighted by Crippen LogP contribution is 2.26. The van der Waals surface area contributed by atoms with Gasteiger partial charge in [-0.3, -0.25) is 14.6 Å². The number of carbonyl (C=O) groups excluding carboxylic acids is 1. The summed E-state index contributed by atoms with van der Waals surface area (Å²) < 4.78 is 0. The van der Waals surface area contributed by atoms with Crippen molar-refractivity contribution in [1.82, 2.24) is 25.1 Å². The molecule has 30 heavy (non-hydrogen) atoms. The number of carbonyl (C=O) groups is 1. The fraction of sp³-hybridized carbons (Fsp3) is 0.143. The first-order valence-corrected chi connectivity index (χ1v) is 10.1. The molecule has 0 spiro atoms. The van der Waals surface area contributed by atoms with Crippen molar-refractivity contribution in [3.8, 4) is 22.0 Å². The quantitative estimate of drug-likeness (QED) is 0.497. The molecule has 8 nitrogen and oxygen atoms in total. The SMILES string of the molecule is Cc1nc(-c2ccncc2)[nH]c(=O)c1CCC(=O)Nc1nnc(-c2ccccc2)s1. The van der Waals surface area contributed by atoms with Crippen molar-refractivity contribution < 1.29 is 4.79 Å². The number of hydrogen-bond acceptors (Lipinski definition) is 7. The largest absolute Gasteiger partial charge is 0.306 e. The van der Waals surface area contributed by atoms with E-state index in [0.717, 1.165) is 16.1 Å². The Bertz CT molecular complexity index is 1220. The van der Waals surface area contributed by atoms with Gasteiger partial charge in [-0.1, -0.05) is 41.7 Å². The van der Waals surface area contributed by atoms with E-state index in [-0.39, 0.29) is 24.3 Å². The molecule has 2 N–H and O–H groups in total. The lowest BCUT2D eigenvalue weighted by Gasteiger charge is -2.07. The molecular formula is C21H18N6O2S. The highest BCUT2D eigenvalue weighted by molar-refractivity contribution is 7.18. The van der Waals surface area contributed by atoms with Crippen LogP contribution in [0.15, 0.2) is 59.7 Å². The number of amides is 1. The number of aromatic amines is 1. The van der Waals surface area contributed by atoms with E-state index in [1.165, 1.54) is 11.3 Å². The van der Waals surface area contributed by atoms with Gasteiger partial charge in [-0.05, 0) is 25.5 Å². The number of pyridine rings is 1. The summed E-state index contributed by atoms with van der Waals surface area (Å²) in [6, 6.07) is 13.2. The number of rotatable bonds is 6. The van der Waals surface area contributed by atoms with E-state index in [1.807, 2.05) is 30.3 Å². The minimum absolute atomic E-state index is 0.139. The van der Waals surface area contributed by atoms with Crippen LogP contribution in [0.2, 0.25) is 0 Å². The van der Waals surface area contributed by atoms with Crippen LogP contribution in [-0.2, 0) is 11.2 Å². The lowest BCUT2D eigenvalue weighted by atomic mass is 10.1. The van der Waals surface area contributed by atoms with Crippen molar-refractivity contribution in [2.75, 3.05) is 5.32 Å². The normalized spacial score (nSPS) is 10.7. The number of hydrogen-bond donors (Lipinski definition) is 2. The summed E-state index contributed by atoms with van der Waals surface area (Å²) in [4.78, 5) is 36.0. The molecule has 0 aliphatic heterocycles. The van der Waals surface area contributed by atoms with Crippen LogP contribution in [0.4, 0.5) is 5.13 Å². The van der Waals surface area contributed by atoms with Crippen molar-refractivity contribution in [3.05, 3.63) is 76.5 Å². The van der Waals surface area contributed by atoms with Gasteiger partial charge in [0.15, 0.2) is 0 Å². The second kappa shape index (κ2) is 8.75. The third-order valence-electron chi connectivity index (χ3n) is 4.47. The number of benzene rings is 1. The van der Waals surface area contributed by atoms with Gasteiger partial charge in [0.2, 0.25) is 11.0 Å². The molecule has 0 atom stereocenters. The maximum Gasteiger partial charge on any atom is 0.254 e. The molecule has 0 radical (unpaired) electrons. The molecule has 9 heteroatoms. The average Bonchev–Trinajstić information content (AvgIpc) is 3.22. The van der Waals surface area contributed by atoms with Crippen LogP contribution in [0.5, 0.6) is 0 Å². The molecule has 1 aromatic carbocycles. The zero-order chi connectivity index (χ0) is 20.9. The number of aromatic nitrogens is 5. The van der Waals surface area contributed by atoms with Crippen LogP contribution in [0, 0.1) is 6.92 Å². The first-order valence-electron chi connectivity index (χ1n) is 9.29. The molecule has 0 saturated heterocycles. The van der Waals surface area contributed by atoms with Gasteiger partial charge in [0.05, 0.1) is 0 Å². The lowest BCUT2D eigenvalue weighted by molar-refractivity contribution is -0.116. The summed E-state index contributed by atoms with van der Waals surface area (Å²) in [5.74, 6) is 0.248. The van der Waals surface area contributed by atoms with Gasteiger partial charge < -0.3 is 10.3 Å². The van der Waals surface area contributed by atoms with Crippen LogP contribution in [0.25, 0.3) is 22.0 Å². The number of anilines is 1. The van der Waals surface area contributed by atoms with Gasteiger partial charge in [0.25, 0.3) is 5.56 Å². The second-order valence-electron chi connectivity index (χ2n) is 6.54. The molecule has 0 unspecified atom stereocenters. The molecule has 0 fully saturated rings. The molecule has 0 aliphatic carbocycles. The molecule has 0 bridgehead atoms. The summed E-state index contributed by atoms with van der Waals surface area (Å²) in [5.41, 5.74) is 2.56. The van der Waals surface area contributed by atoms with Crippen LogP contribution >= 0.6 is 11.3 Å². The van der Waals surface area contributed by atoms with Crippen molar-refractivity contribution in [2.24, 2.45) is 0 Å². The molecule has 150 valence electrons. The minimum Gasteiger partial charge on any atom is -0.306 e. The monoisotopic (exact) mass is 418 g/mol. The summed E-state index contributed by atoms with van der Waals surface area (Å²) in [7, 11) is 0. The summed E-state index contributed by atoms with van der Waals surface area (Å²) in [5, 5.41) is 12.0. The Morgan fingerprint density at radius 1 is 1.07 bits per heavy atom. The third kappa shape index (κ3) is 4.47. The Kier molecular flexibility index (Phi) is 5.71. The van der Waals surface area contributed by atoms with E-state index in [0.29, 0.717) is 22.2 Å². The zero-order valence-corrected chi connectivity index (χ0v) is 16.9. The standard InChI is InChI=1S/C21H18N6O2S/c1-13-16(19(29)25-18(23-13)14-9-11-22-12-10-14)7-8-17(28)24-21-27-26-20(30-21)15-5-3-2-4-6-15/h2-6,9-12H,7-8H2,1H3,(H,23,25,29)(H,24,27,28). The second-order valence-corrected chi connectivity index (χ2v) is 7.52. The average molecular weight is 418 g/mol. The highest BCUT2D eigenvalue weighted by atomic mass is 32.1. The predicted octanol–water partition coefficient (Wildman–Crippen LogP) is 3.23. The topological polar surface area (TPSA) is 114 Å². The molecule has 0 saturated carbocycles. The van der Waals surface area contributed by atoms with Crippen molar-refractivity contribution in [2.45, 2.75) is 19.8 Å². The Labute approximate surface area is 176 Å². The molecule has 1 amide bonds. The number of nitrogens with zero attached hydrogens (tertiary/aromatic N) is 4. The van der Waals surface area contributed by atoms with Gasteiger partial charge in [0.1, 0.15) is 10.8 Å². The van der Waals surface area contributed by atoms with Gasteiger partial charge in [0, 0.05) is 41.2 Å². The maximum absolute atomic E-state index is 12.5. The first-order chi connectivity index (χ1) is 14.6. The molecule has 0 aliphatic rings. The lowest BCUT2D eigenvalue weighted by Crippen LogP contribution is -2.20. The van der Waals surface area contributed by atoms with Gasteiger partial charge in [-0.2, -0.15) is 0 Å². The highest BCUT2D eigenvalue weighted by Gasteiger charge is 2.13. The molecule has 3 heterocycles. The third-order valence-corrected chi connectivity index (χ3v) is 5.36. The van der Waals surface area contributed by atoms with E-state index in [1.54, 1.807) is 31.5 Å². The van der Waals surface area contributed by atoms with Crippen LogP contribution < -0.4 is 10.9 Å². The minimum atomic E-state index is -0.246. The van der Waals surface area contributed by atoms with Crippen molar-refractivity contribution in [1.29, 1.82) is 0 Å². The molecule has 3 aromatic heterocycles. The Balaban J connectivity index is 1.41. The molecule has 4 aromatic rings. The number of nitrogens with one attached hydrogen (secondary N) is 2. The van der Waals surface area contributed by atoms with E-state index in [2.05, 4.69) is 30.5 Å². The van der Waals surface area contributed by atoms with E-state index in [9.17, 15) is 9.59 Å². The summed E-state index contributed by atoms with van der Waals surface area (Å²) >= 11 is 1.30. The molecule has 4 rings (SSSR count). The summed E-state index contributed by atoms with van der Waals surface area (Å²) in [6.07, 6.45) is 3.70. The van der Waals surface area contributed by atoms with Crippen LogP contribution in [0.3, 0.4) is 0 Å². The fourth-order valence-corrected chi connectivity index (χ4v) is 3.71. The smallest absolute Gasteiger partial charge is 0.254 e. The Morgan fingerprint density at radius 3 is 2.57 bits per heavy atom. The van der Waals surface area contributed by atoms with Crippen LogP contribution in [0.1, 0.15) is 17.7 Å². The van der Waals surface area contributed by atoms with E-state index >= 15 is 0 Å². The summed E-state index contributed by atoms with van der Waals surface area (Å²) in [6.45, 7) is 1.77. The van der Waals surface area contributed by atoms with Crippen molar-refractivity contribution >= 4 is 22.4 Å². The number of aryl methyl sites for hydroxylation is 1.